The predicted molar refractivity (Wildman–Crippen MR) is 98.8 cm³/mol. The molecule has 10 heteroatoms. The average molecular weight is 397 g/mol. The number of nitrogens with zero attached hydrogens (tertiary/aromatic N) is 2. The van der Waals surface area contributed by atoms with E-state index in [1.165, 1.54) is 22.2 Å². The summed E-state index contributed by atoms with van der Waals surface area (Å²) in [6.45, 7) is 3.53. The number of hydrogen-bond acceptors (Lipinski definition) is 6. The van der Waals surface area contributed by atoms with Gasteiger partial charge in [0.15, 0.2) is 6.61 Å². The lowest BCUT2D eigenvalue weighted by molar-refractivity contribution is -0.135. The fourth-order valence-electron chi connectivity index (χ4n) is 2.75. The molecule has 27 heavy (non-hydrogen) atoms. The van der Waals surface area contributed by atoms with E-state index >= 15 is 0 Å². The van der Waals surface area contributed by atoms with Crippen LogP contribution in [-0.2, 0) is 24.3 Å². The van der Waals surface area contributed by atoms with E-state index in [0.717, 1.165) is 6.26 Å². The highest BCUT2D eigenvalue weighted by atomic mass is 32.2. The molecule has 1 aliphatic heterocycles. The molecule has 1 fully saturated rings. The van der Waals surface area contributed by atoms with Crippen molar-refractivity contribution in [1.82, 2.24) is 9.21 Å². The van der Waals surface area contributed by atoms with Crippen molar-refractivity contribution in [2.45, 2.75) is 13.8 Å². The summed E-state index contributed by atoms with van der Waals surface area (Å²) in [6, 6.07) is 4.91. The smallest absolute Gasteiger partial charge is 0.340 e. The number of para-hydroxylation sites is 1. The van der Waals surface area contributed by atoms with E-state index in [1.54, 1.807) is 19.1 Å². The molecule has 148 valence electrons. The SMILES string of the molecule is CC(=O)Nc1c(C)cccc1C(=O)OCC(=O)N1CCN(S(C)(=O)=O)CC1. The zero-order chi connectivity index (χ0) is 20.2. The maximum atomic E-state index is 12.3. The van der Waals surface area contributed by atoms with Gasteiger partial charge in [-0.15, -0.1) is 0 Å². The third-order valence-electron chi connectivity index (χ3n) is 4.18. The molecule has 0 saturated carbocycles. The second-order valence-corrected chi connectivity index (χ2v) is 8.28. The van der Waals surface area contributed by atoms with Gasteiger partial charge >= 0.3 is 5.97 Å². The number of rotatable bonds is 5. The summed E-state index contributed by atoms with van der Waals surface area (Å²) < 4.78 is 29.4. The third-order valence-corrected chi connectivity index (χ3v) is 5.48. The van der Waals surface area contributed by atoms with Crippen LogP contribution in [0.15, 0.2) is 18.2 Å². The number of hydrogen-bond donors (Lipinski definition) is 1. The van der Waals surface area contributed by atoms with Crippen molar-refractivity contribution in [3.05, 3.63) is 29.3 Å². The van der Waals surface area contributed by atoms with Crippen molar-refractivity contribution in [3.63, 3.8) is 0 Å². The highest BCUT2D eigenvalue weighted by Crippen LogP contribution is 2.21. The second kappa shape index (κ2) is 8.49. The summed E-state index contributed by atoms with van der Waals surface area (Å²) in [4.78, 5) is 37.4. The first-order valence-corrected chi connectivity index (χ1v) is 10.2. The monoisotopic (exact) mass is 397 g/mol. The topological polar surface area (TPSA) is 113 Å². The summed E-state index contributed by atoms with van der Waals surface area (Å²) in [5.74, 6) is -1.44. The Morgan fingerprint density at radius 2 is 1.78 bits per heavy atom. The molecule has 0 atom stereocenters. The number of piperazine rings is 1. The van der Waals surface area contributed by atoms with Crippen molar-refractivity contribution in [2.24, 2.45) is 0 Å². The largest absolute Gasteiger partial charge is 0.452 e. The molecule has 1 saturated heterocycles. The van der Waals surface area contributed by atoms with Crippen molar-refractivity contribution >= 4 is 33.5 Å². The lowest BCUT2D eigenvalue weighted by atomic mass is 10.1. The van der Waals surface area contributed by atoms with E-state index in [0.29, 0.717) is 11.3 Å². The molecule has 1 aliphatic rings. The summed E-state index contributed by atoms with van der Waals surface area (Å²) in [7, 11) is -3.28. The van der Waals surface area contributed by atoms with Gasteiger partial charge in [-0.25, -0.2) is 13.2 Å². The fraction of sp³-hybridized carbons (Fsp3) is 0.471. The van der Waals surface area contributed by atoms with Gasteiger partial charge in [0.25, 0.3) is 5.91 Å². The van der Waals surface area contributed by atoms with E-state index in [1.807, 2.05) is 0 Å². The third kappa shape index (κ3) is 5.51. The highest BCUT2D eigenvalue weighted by molar-refractivity contribution is 7.88. The number of aryl methyl sites for hydroxylation is 1. The number of ether oxygens (including phenoxy) is 1. The predicted octanol–water partition coefficient (Wildman–Crippen LogP) is 0.214. The normalized spacial score (nSPS) is 15.3. The Hall–Kier alpha value is -2.46. The van der Waals surface area contributed by atoms with Gasteiger partial charge in [-0.3, -0.25) is 9.59 Å². The van der Waals surface area contributed by atoms with E-state index in [9.17, 15) is 22.8 Å². The fourth-order valence-corrected chi connectivity index (χ4v) is 3.57. The Morgan fingerprint density at radius 1 is 1.15 bits per heavy atom. The highest BCUT2D eigenvalue weighted by Gasteiger charge is 2.26. The summed E-state index contributed by atoms with van der Waals surface area (Å²) in [6.07, 6.45) is 1.13. The van der Waals surface area contributed by atoms with Gasteiger partial charge in [0.2, 0.25) is 15.9 Å². The number of amides is 2. The number of benzene rings is 1. The minimum absolute atomic E-state index is 0.167. The molecular weight excluding hydrogens is 374 g/mol. The lowest BCUT2D eigenvalue weighted by Gasteiger charge is -2.33. The van der Waals surface area contributed by atoms with Crippen LogP contribution in [-0.4, -0.2) is 74.4 Å². The first-order valence-electron chi connectivity index (χ1n) is 8.37. The van der Waals surface area contributed by atoms with Crippen molar-refractivity contribution in [1.29, 1.82) is 0 Å². The van der Waals surface area contributed by atoms with Gasteiger partial charge in [0.05, 0.1) is 17.5 Å². The molecular formula is C17H23N3O6S. The van der Waals surface area contributed by atoms with Crippen LogP contribution in [0.1, 0.15) is 22.8 Å². The van der Waals surface area contributed by atoms with Gasteiger partial charge in [-0.2, -0.15) is 4.31 Å². The number of carbonyl (C=O) groups excluding carboxylic acids is 3. The number of esters is 1. The standard InChI is InChI=1S/C17H23N3O6S/c1-12-5-4-6-14(16(12)18-13(2)21)17(23)26-11-15(22)19-7-9-20(10-8-19)27(3,24)25/h4-6H,7-11H2,1-3H3,(H,18,21). The Morgan fingerprint density at radius 3 is 2.33 bits per heavy atom. The Labute approximate surface area is 158 Å². The van der Waals surface area contributed by atoms with Crippen LogP contribution in [0.5, 0.6) is 0 Å². The Kier molecular flexibility index (Phi) is 6.55. The molecule has 1 N–H and O–H groups in total. The number of anilines is 1. The zero-order valence-electron chi connectivity index (χ0n) is 15.5. The molecule has 0 radical (unpaired) electrons. The molecule has 9 nitrogen and oxygen atoms in total. The molecule has 0 aliphatic carbocycles. The van der Waals surface area contributed by atoms with E-state index < -0.39 is 28.5 Å². The van der Waals surface area contributed by atoms with Gasteiger partial charge in [-0.05, 0) is 18.6 Å². The molecule has 0 bridgehead atoms. The van der Waals surface area contributed by atoms with E-state index in [4.69, 9.17) is 4.74 Å². The Bertz CT molecular complexity index is 844. The maximum Gasteiger partial charge on any atom is 0.340 e. The maximum absolute atomic E-state index is 12.3. The summed E-state index contributed by atoms with van der Waals surface area (Å²) >= 11 is 0. The van der Waals surface area contributed by atoms with Crippen molar-refractivity contribution in [3.8, 4) is 0 Å². The molecule has 0 spiro atoms. The quantitative estimate of drug-likeness (QED) is 0.711. The van der Waals surface area contributed by atoms with Crippen molar-refractivity contribution < 1.29 is 27.5 Å². The van der Waals surface area contributed by atoms with Crippen LogP contribution in [0, 0.1) is 6.92 Å². The second-order valence-electron chi connectivity index (χ2n) is 6.30. The van der Waals surface area contributed by atoms with Crippen molar-refractivity contribution in [2.75, 3.05) is 44.4 Å². The molecule has 1 aromatic carbocycles. The number of carbonyl (C=O) groups is 3. The minimum Gasteiger partial charge on any atom is -0.452 e. The number of sulfonamides is 1. The molecule has 1 aromatic rings. The van der Waals surface area contributed by atoms with E-state index in [-0.39, 0.29) is 37.6 Å². The number of nitrogens with one attached hydrogen (secondary N) is 1. The minimum atomic E-state index is -3.28. The molecule has 0 unspecified atom stereocenters. The van der Waals surface area contributed by atoms with Gasteiger partial charge in [0, 0.05) is 33.1 Å². The molecule has 0 aromatic heterocycles. The van der Waals surface area contributed by atoms with Crippen LogP contribution < -0.4 is 5.32 Å². The average Bonchev–Trinajstić information content (AvgIpc) is 2.60. The summed E-state index contributed by atoms with van der Waals surface area (Å²) in [5, 5.41) is 2.60. The first kappa shape index (κ1) is 20.8. The van der Waals surface area contributed by atoms with Crippen LogP contribution in [0.2, 0.25) is 0 Å². The lowest BCUT2D eigenvalue weighted by Crippen LogP contribution is -2.51. The first-order chi connectivity index (χ1) is 12.6. The summed E-state index contributed by atoms with van der Waals surface area (Å²) in [5.41, 5.74) is 1.21. The molecule has 1 heterocycles. The molecule has 2 amide bonds. The van der Waals surface area contributed by atoms with Gasteiger partial charge in [-0.1, -0.05) is 12.1 Å². The Balaban J connectivity index is 1.96. The van der Waals surface area contributed by atoms with Crippen LogP contribution >= 0.6 is 0 Å². The zero-order valence-corrected chi connectivity index (χ0v) is 16.3. The van der Waals surface area contributed by atoms with Crippen LogP contribution in [0.25, 0.3) is 0 Å². The van der Waals surface area contributed by atoms with Gasteiger partial charge in [0.1, 0.15) is 0 Å². The van der Waals surface area contributed by atoms with E-state index in [2.05, 4.69) is 5.32 Å². The van der Waals surface area contributed by atoms with Crippen LogP contribution in [0.3, 0.4) is 0 Å². The van der Waals surface area contributed by atoms with Gasteiger partial charge < -0.3 is 15.0 Å². The van der Waals surface area contributed by atoms with Crippen LogP contribution in [0.4, 0.5) is 5.69 Å². The molecule has 2 rings (SSSR count).